The molecule has 0 aromatic rings. The second-order valence-electron chi connectivity index (χ2n) is 6.28. The van der Waals surface area contributed by atoms with Gasteiger partial charge >= 0.3 is 11.9 Å². The van der Waals surface area contributed by atoms with Crippen molar-refractivity contribution in [3.8, 4) is 0 Å². The van der Waals surface area contributed by atoms with Gasteiger partial charge in [-0.05, 0) is 5.92 Å². The second-order valence-corrected chi connectivity index (χ2v) is 6.28. The number of rotatable bonds is 12. The van der Waals surface area contributed by atoms with Gasteiger partial charge in [-0.1, -0.05) is 13.8 Å². The molecule has 0 aromatic heterocycles. The Morgan fingerprint density at radius 1 is 0.929 bits per heavy atom. The van der Waals surface area contributed by atoms with Crippen molar-refractivity contribution in [2.45, 2.75) is 44.8 Å². The van der Waals surface area contributed by atoms with Gasteiger partial charge in [-0.15, -0.1) is 0 Å². The van der Waals surface area contributed by atoms with Gasteiger partial charge < -0.3 is 37.6 Å². The molecule has 0 fully saturated rings. The van der Waals surface area contributed by atoms with Crippen molar-refractivity contribution >= 4 is 35.6 Å². The number of aliphatic carboxylic acids is 2. The lowest BCUT2D eigenvalue weighted by atomic mass is 10.0. The topological polar surface area (TPSA) is 231 Å². The SMILES string of the molecule is CC(C)C(NC(=O)CNC(=O)C(N)CC(N)=O)C(=O)NC(CC(=O)O)C(=O)O. The van der Waals surface area contributed by atoms with Gasteiger partial charge in [-0.2, -0.15) is 0 Å². The molecule has 0 heterocycles. The summed E-state index contributed by atoms with van der Waals surface area (Å²) in [4.78, 5) is 68.3. The minimum absolute atomic E-state index is 0.412. The van der Waals surface area contributed by atoms with Crippen LogP contribution in [0.25, 0.3) is 0 Å². The lowest BCUT2D eigenvalue weighted by Gasteiger charge is -2.23. The zero-order valence-electron chi connectivity index (χ0n) is 15.4. The predicted molar refractivity (Wildman–Crippen MR) is 93.4 cm³/mol. The fraction of sp³-hybridized carbons (Fsp3) is 0.600. The second kappa shape index (κ2) is 11.5. The highest BCUT2D eigenvalue weighted by molar-refractivity contribution is 5.94. The molecule has 0 aliphatic rings. The van der Waals surface area contributed by atoms with Crippen LogP contribution in [0.4, 0.5) is 0 Å². The van der Waals surface area contributed by atoms with Crippen molar-refractivity contribution in [1.29, 1.82) is 0 Å². The Balaban J connectivity index is 4.83. The monoisotopic (exact) mass is 403 g/mol. The van der Waals surface area contributed by atoms with Crippen molar-refractivity contribution in [3.05, 3.63) is 0 Å². The zero-order valence-corrected chi connectivity index (χ0v) is 15.4. The molecule has 0 rings (SSSR count). The number of carboxylic acid groups (broad SMARTS) is 2. The largest absolute Gasteiger partial charge is 0.481 e. The molecule has 9 N–H and O–H groups in total. The number of hydrogen-bond donors (Lipinski definition) is 7. The van der Waals surface area contributed by atoms with E-state index < -0.39 is 79.0 Å². The number of primary amides is 1. The van der Waals surface area contributed by atoms with Crippen molar-refractivity contribution in [2.24, 2.45) is 17.4 Å². The molecule has 0 aliphatic carbocycles. The van der Waals surface area contributed by atoms with E-state index in [1.54, 1.807) is 13.8 Å². The Hall–Kier alpha value is -3.22. The Morgan fingerprint density at radius 2 is 1.50 bits per heavy atom. The third-order valence-corrected chi connectivity index (χ3v) is 3.44. The van der Waals surface area contributed by atoms with Crippen molar-refractivity contribution < 1.29 is 39.0 Å². The van der Waals surface area contributed by atoms with Crippen LogP contribution in [-0.2, 0) is 28.8 Å². The maximum absolute atomic E-state index is 12.2. The zero-order chi connectivity index (χ0) is 22.0. The van der Waals surface area contributed by atoms with E-state index in [1.807, 2.05) is 5.32 Å². The fourth-order valence-corrected chi connectivity index (χ4v) is 2.00. The van der Waals surface area contributed by atoms with Crippen LogP contribution in [0.3, 0.4) is 0 Å². The molecule has 158 valence electrons. The summed E-state index contributed by atoms with van der Waals surface area (Å²) in [5.41, 5.74) is 10.3. The Labute approximate surface area is 160 Å². The maximum Gasteiger partial charge on any atom is 0.326 e. The van der Waals surface area contributed by atoms with Crippen molar-refractivity contribution in [1.82, 2.24) is 16.0 Å². The van der Waals surface area contributed by atoms with Crippen LogP contribution in [0.15, 0.2) is 0 Å². The highest BCUT2D eigenvalue weighted by Crippen LogP contribution is 2.04. The van der Waals surface area contributed by atoms with E-state index in [9.17, 15) is 28.8 Å². The van der Waals surface area contributed by atoms with Crippen molar-refractivity contribution in [3.63, 3.8) is 0 Å². The molecule has 13 heteroatoms. The van der Waals surface area contributed by atoms with E-state index in [0.717, 1.165) is 0 Å². The smallest absolute Gasteiger partial charge is 0.326 e. The minimum atomic E-state index is -1.67. The number of amides is 4. The standard InChI is InChI=1S/C15H25N5O8/c1-6(2)12(14(26)19-8(15(27)28)4-11(23)24)20-10(22)5-18-13(25)7(16)3-9(17)21/h6-8,12H,3-5,16H2,1-2H3,(H2,17,21)(H,18,25)(H,19,26)(H,20,22)(H,23,24)(H,27,28). The van der Waals surface area contributed by atoms with Crippen LogP contribution in [0.2, 0.25) is 0 Å². The van der Waals surface area contributed by atoms with E-state index in [1.165, 1.54) is 0 Å². The average molecular weight is 403 g/mol. The number of nitrogens with one attached hydrogen (secondary N) is 3. The molecule has 0 saturated carbocycles. The Kier molecular flexibility index (Phi) is 10.2. The molecule has 0 radical (unpaired) electrons. The Bertz CT molecular complexity index is 636. The molecule has 0 aliphatic heterocycles. The summed E-state index contributed by atoms with van der Waals surface area (Å²) in [6.07, 6.45) is -1.25. The Morgan fingerprint density at radius 3 is 1.93 bits per heavy atom. The first-order chi connectivity index (χ1) is 12.8. The average Bonchev–Trinajstić information content (AvgIpc) is 2.55. The predicted octanol–water partition coefficient (Wildman–Crippen LogP) is -3.51. The third-order valence-electron chi connectivity index (χ3n) is 3.44. The molecule has 0 spiro atoms. The summed E-state index contributed by atoms with van der Waals surface area (Å²) in [6, 6.07) is -4.09. The molecule has 28 heavy (non-hydrogen) atoms. The highest BCUT2D eigenvalue weighted by atomic mass is 16.4. The van der Waals surface area contributed by atoms with Crippen LogP contribution in [0, 0.1) is 5.92 Å². The number of carbonyl (C=O) groups excluding carboxylic acids is 4. The van der Waals surface area contributed by atoms with Gasteiger partial charge in [-0.25, -0.2) is 4.79 Å². The van der Waals surface area contributed by atoms with Crippen LogP contribution in [0.1, 0.15) is 26.7 Å². The van der Waals surface area contributed by atoms with Gasteiger partial charge in [0.15, 0.2) is 0 Å². The van der Waals surface area contributed by atoms with Crippen LogP contribution in [-0.4, -0.2) is 70.5 Å². The first kappa shape index (κ1) is 24.8. The lowest BCUT2D eigenvalue weighted by molar-refractivity contribution is -0.147. The first-order valence-corrected chi connectivity index (χ1v) is 8.21. The fourth-order valence-electron chi connectivity index (χ4n) is 2.00. The summed E-state index contributed by atoms with van der Waals surface area (Å²) in [5.74, 6) is -6.71. The summed E-state index contributed by atoms with van der Waals surface area (Å²) >= 11 is 0. The summed E-state index contributed by atoms with van der Waals surface area (Å²) in [5, 5.41) is 24.2. The third kappa shape index (κ3) is 9.47. The number of nitrogens with two attached hydrogens (primary N) is 2. The number of carbonyl (C=O) groups is 6. The molecule has 3 atom stereocenters. The molecule has 4 amide bonds. The highest BCUT2D eigenvalue weighted by Gasteiger charge is 2.30. The van der Waals surface area contributed by atoms with E-state index in [0.29, 0.717) is 0 Å². The van der Waals surface area contributed by atoms with Crippen LogP contribution in [0.5, 0.6) is 0 Å². The van der Waals surface area contributed by atoms with Gasteiger partial charge in [0.1, 0.15) is 12.1 Å². The minimum Gasteiger partial charge on any atom is -0.481 e. The van der Waals surface area contributed by atoms with E-state index in [2.05, 4.69) is 10.6 Å². The van der Waals surface area contributed by atoms with Crippen molar-refractivity contribution in [2.75, 3.05) is 6.54 Å². The lowest BCUT2D eigenvalue weighted by Crippen LogP contribution is -2.55. The number of hydrogen-bond acceptors (Lipinski definition) is 7. The number of carboxylic acids is 2. The molecule has 0 aromatic carbocycles. The van der Waals surface area contributed by atoms with Gasteiger partial charge in [-0.3, -0.25) is 24.0 Å². The van der Waals surface area contributed by atoms with Gasteiger partial charge in [0, 0.05) is 0 Å². The quantitative estimate of drug-likeness (QED) is 0.171. The van der Waals surface area contributed by atoms with E-state index in [4.69, 9.17) is 21.7 Å². The summed E-state index contributed by atoms with van der Waals surface area (Å²) in [7, 11) is 0. The first-order valence-electron chi connectivity index (χ1n) is 8.21. The van der Waals surface area contributed by atoms with E-state index in [-0.39, 0.29) is 0 Å². The summed E-state index contributed by atoms with van der Waals surface area (Å²) in [6.45, 7) is 2.58. The van der Waals surface area contributed by atoms with Gasteiger partial charge in [0.25, 0.3) is 0 Å². The molecular weight excluding hydrogens is 378 g/mol. The maximum atomic E-state index is 12.2. The van der Waals surface area contributed by atoms with Gasteiger partial charge in [0.2, 0.25) is 23.6 Å². The van der Waals surface area contributed by atoms with E-state index >= 15 is 0 Å². The molecular formula is C15H25N5O8. The summed E-state index contributed by atoms with van der Waals surface area (Å²) < 4.78 is 0. The van der Waals surface area contributed by atoms with Crippen LogP contribution < -0.4 is 27.4 Å². The normalized spacial score (nSPS) is 13.7. The van der Waals surface area contributed by atoms with Gasteiger partial charge in [0.05, 0.1) is 25.4 Å². The molecule has 3 unspecified atom stereocenters. The van der Waals surface area contributed by atoms with Crippen LogP contribution >= 0.6 is 0 Å². The molecule has 13 nitrogen and oxygen atoms in total. The molecule has 0 bridgehead atoms. The molecule has 0 saturated heterocycles.